The summed E-state index contributed by atoms with van der Waals surface area (Å²) in [7, 11) is 0. The lowest BCUT2D eigenvalue weighted by Crippen LogP contribution is -2.28. The van der Waals surface area contributed by atoms with Crippen molar-refractivity contribution in [1.29, 1.82) is 0 Å². The van der Waals surface area contributed by atoms with E-state index in [-0.39, 0.29) is 6.04 Å². The van der Waals surface area contributed by atoms with Gasteiger partial charge in [-0.3, -0.25) is 4.90 Å². The van der Waals surface area contributed by atoms with Crippen molar-refractivity contribution in [2.24, 2.45) is 0 Å². The molecule has 86 valence electrons. The Morgan fingerprint density at radius 1 is 1.50 bits per heavy atom. The molecular formula is C11H14N2O2S. The van der Waals surface area contributed by atoms with Crippen LogP contribution < -0.4 is 0 Å². The zero-order valence-corrected chi connectivity index (χ0v) is 9.74. The Morgan fingerprint density at radius 2 is 2.31 bits per heavy atom. The van der Waals surface area contributed by atoms with Gasteiger partial charge in [0, 0.05) is 17.8 Å². The highest BCUT2D eigenvalue weighted by Crippen LogP contribution is 2.42. The van der Waals surface area contributed by atoms with Gasteiger partial charge >= 0.3 is 6.09 Å². The van der Waals surface area contributed by atoms with E-state index < -0.39 is 6.09 Å². The molecule has 1 saturated carbocycles. The maximum Gasteiger partial charge on any atom is 0.407 e. The van der Waals surface area contributed by atoms with Crippen LogP contribution >= 0.6 is 11.3 Å². The summed E-state index contributed by atoms with van der Waals surface area (Å²) in [6, 6.07) is 0.00926. The zero-order valence-electron chi connectivity index (χ0n) is 8.93. The van der Waals surface area contributed by atoms with Gasteiger partial charge in [0.2, 0.25) is 0 Å². The Morgan fingerprint density at radius 3 is 3.00 bits per heavy atom. The third-order valence-electron chi connectivity index (χ3n) is 3.32. The lowest BCUT2D eigenvalue weighted by Gasteiger charge is -2.18. The molecule has 3 rings (SSSR count). The Kier molecular flexibility index (Phi) is 2.35. The molecule has 1 aliphatic heterocycles. The Labute approximate surface area is 97.9 Å². The molecule has 16 heavy (non-hydrogen) atoms. The molecule has 0 bridgehead atoms. The first-order valence-electron chi connectivity index (χ1n) is 5.70. The highest BCUT2D eigenvalue weighted by Gasteiger charge is 2.33. The van der Waals surface area contributed by atoms with Crippen LogP contribution in [0.25, 0.3) is 0 Å². The summed E-state index contributed by atoms with van der Waals surface area (Å²) in [4.78, 5) is 17.2. The predicted molar refractivity (Wildman–Crippen MR) is 60.8 cm³/mol. The van der Waals surface area contributed by atoms with E-state index in [2.05, 4.69) is 10.4 Å². The molecule has 0 unspecified atom stereocenters. The number of hydrogen-bond donors (Lipinski definition) is 1. The monoisotopic (exact) mass is 238 g/mol. The average molecular weight is 238 g/mol. The molecule has 4 nitrogen and oxygen atoms in total. The largest absolute Gasteiger partial charge is 0.465 e. The second kappa shape index (κ2) is 3.73. The van der Waals surface area contributed by atoms with Crippen LogP contribution in [-0.4, -0.2) is 27.6 Å². The smallest absolute Gasteiger partial charge is 0.407 e. The number of carbonyl (C=O) groups is 1. The van der Waals surface area contributed by atoms with Crippen LogP contribution in [0.5, 0.6) is 0 Å². The zero-order chi connectivity index (χ0) is 11.1. The first-order valence-corrected chi connectivity index (χ1v) is 6.58. The standard InChI is InChI=1S/C11H14N2O2S/c14-11(15)13-5-1-2-9(13)10-12-8(6-16-10)7-3-4-7/h6-7,9H,1-5H2,(H,14,15)/t9-/m1/s1. The maximum atomic E-state index is 11.0. The molecule has 2 aliphatic rings. The average Bonchev–Trinajstić information content (AvgIpc) is 2.83. The highest BCUT2D eigenvalue weighted by molar-refractivity contribution is 7.09. The Balaban J connectivity index is 1.81. The van der Waals surface area contributed by atoms with E-state index in [1.807, 2.05) is 0 Å². The van der Waals surface area contributed by atoms with E-state index in [1.54, 1.807) is 11.3 Å². The minimum absolute atomic E-state index is 0.00926. The fourth-order valence-corrected chi connectivity index (χ4v) is 3.32. The van der Waals surface area contributed by atoms with Crippen LogP contribution in [0.2, 0.25) is 0 Å². The van der Waals surface area contributed by atoms with Gasteiger partial charge in [-0.25, -0.2) is 9.78 Å². The van der Waals surface area contributed by atoms with Gasteiger partial charge in [0.15, 0.2) is 0 Å². The number of rotatable bonds is 2. The van der Waals surface area contributed by atoms with Crippen molar-refractivity contribution in [2.75, 3.05) is 6.54 Å². The van der Waals surface area contributed by atoms with Crippen molar-refractivity contribution in [2.45, 2.75) is 37.6 Å². The summed E-state index contributed by atoms with van der Waals surface area (Å²) in [5.74, 6) is 0.657. The molecule has 2 fully saturated rings. The Bertz CT molecular complexity index is 414. The van der Waals surface area contributed by atoms with Gasteiger partial charge in [-0.1, -0.05) is 0 Å². The SMILES string of the molecule is O=C(O)N1CCC[C@@H]1c1nc(C2CC2)cs1. The van der Waals surface area contributed by atoms with E-state index in [0.717, 1.165) is 17.8 Å². The summed E-state index contributed by atoms with van der Waals surface area (Å²) < 4.78 is 0. The number of nitrogens with zero attached hydrogens (tertiary/aromatic N) is 2. The van der Waals surface area contributed by atoms with Crippen LogP contribution in [0, 0.1) is 0 Å². The van der Waals surface area contributed by atoms with E-state index in [4.69, 9.17) is 5.11 Å². The molecule has 1 aromatic heterocycles. The molecule has 1 N–H and O–H groups in total. The summed E-state index contributed by atoms with van der Waals surface area (Å²) in [5.41, 5.74) is 1.18. The fraction of sp³-hybridized carbons (Fsp3) is 0.636. The highest BCUT2D eigenvalue weighted by atomic mass is 32.1. The summed E-state index contributed by atoms with van der Waals surface area (Å²) >= 11 is 1.62. The summed E-state index contributed by atoms with van der Waals surface area (Å²) in [6.07, 6.45) is 3.55. The number of thiazole rings is 1. The lowest BCUT2D eigenvalue weighted by molar-refractivity contribution is 0.140. The van der Waals surface area contributed by atoms with Crippen molar-refractivity contribution in [3.8, 4) is 0 Å². The van der Waals surface area contributed by atoms with Crippen molar-refractivity contribution in [3.63, 3.8) is 0 Å². The van der Waals surface area contributed by atoms with Gasteiger partial charge in [0.25, 0.3) is 0 Å². The number of aromatic nitrogens is 1. The van der Waals surface area contributed by atoms with Gasteiger partial charge in [-0.05, 0) is 25.7 Å². The first kappa shape index (κ1) is 10.1. The molecule has 1 atom stereocenters. The normalized spacial score (nSPS) is 25.0. The molecule has 1 aliphatic carbocycles. The van der Waals surface area contributed by atoms with Crippen molar-refractivity contribution < 1.29 is 9.90 Å². The van der Waals surface area contributed by atoms with E-state index >= 15 is 0 Å². The number of hydrogen-bond acceptors (Lipinski definition) is 3. The quantitative estimate of drug-likeness (QED) is 0.862. The van der Waals surface area contributed by atoms with E-state index in [0.29, 0.717) is 12.5 Å². The van der Waals surface area contributed by atoms with Crippen LogP contribution in [0.4, 0.5) is 4.79 Å². The van der Waals surface area contributed by atoms with Crippen LogP contribution in [0.1, 0.15) is 48.3 Å². The molecule has 0 radical (unpaired) electrons. The van der Waals surface area contributed by atoms with Crippen molar-refractivity contribution in [3.05, 3.63) is 16.1 Å². The number of amides is 1. The first-order chi connectivity index (χ1) is 7.75. The van der Waals surface area contributed by atoms with Gasteiger partial charge in [0.1, 0.15) is 5.01 Å². The second-order valence-corrected chi connectivity index (χ2v) is 5.41. The molecule has 1 amide bonds. The molecule has 1 saturated heterocycles. The molecule has 1 aromatic rings. The van der Waals surface area contributed by atoms with E-state index in [1.165, 1.54) is 23.4 Å². The van der Waals surface area contributed by atoms with Crippen LogP contribution in [0.3, 0.4) is 0 Å². The molecule has 2 heterocycles. The lowest BCUT2D eigenvalue weighted by atomic mass is 10.2. The molecular weight excluding hydrogens is 224 g/mol. The Hall–Kier alpha value is -1.10. The fourth-order valence-electron chi connectivity index (χ4n) is 2.27. The number of carboxylic acid groups (broad SMARTS) is 1. The second-order valence-electron chi connectivity index (χ2n) is 4.52. The van der Waals surface area contributed by atoms with Gasteiger partial charge < -0.3 is 5.11 Å². The van der Waals surface area contributed by atoms with E-state index in [9.17, 15) is 4.79 Å². The third-order valence-corrected chi connectivity index (χ3v) is 4.28. The molecule has 5 heteroatoms. The maximum absolute atomic E-state index is 11.0. The van der Waals surface area contributed by atoms with Crippen LogP contribution in [0.15, 0.2) is 5.38 Å². The van der Waals surface area contributed by atoms with Gasteiger partial charge in [-0.2, -0.15) is 0 Å². The number of likely N-dealkylation sites (tertiary alicyclic amines) is 1. The van der Waals surface area contributed by atoms with Gasteiger partial charge in [0.05, 0.1) is 11.7 Å². The van der Waals surface area contributed by atoms with Crippen molar-refractivity contribution >= 4 is 17.4 Å². The third kappa shape index (κ3) is 1.69. The predicted octanol–water partition coefficient (Wildman–Crippen LogP) is 2.84. The minimum atomic E-state index is -0.814. The van der Waals surface area contributed by atoms with Crippen molar-refractivity contribution in [1.82, 2.24) is 9.88 Å². The molecule has 0 aromatic carbocycles. The minimum Gasteiger partial charge on any atom is -0.465 e. The summed E-state index contributed by atoms with van der Waals surface area (Å²) in [6.45, 7) is 0.651. The summed E-state index contributed by atoms with van der Waals surface area (Å²) in [5, 5.41) is 12.2. The van der Waals surface area contributed by atoms with Crippen LogP contribution in [-0.2, 0) is 0 Å². The molecule has 0 spiro atoms. The van der Waals surface area contributed by atoms with Gasteiger partial charge in [-0.15, -0.1) is 11.3 Å². The topological polar surface area (TPSA) is 53.4 Å².